The Labute approximate surface area is 844 Å². The van der Waals surface area contributed by atoms with Gasteiger partial charge in [-0.2, -0.15) is 15.0 Å². The van der Waals surface area contributed by atoms with Gasteiger partial charge in [0.05, 0.1) is 95.0 Å². The molecule has 0 bridgehead atoms. The SMILES string of the molecule is CC[C@H]1O[C@@H](n2cc(C)c(=O)[nH]c2=O)C[C@H]1OP(O)(=S)OC[C@H]1O[C@@H](n2cnc3c(=O)[nH]c(N)nc32)C[C@H]1OP(O)(=S)OC[C@H]1O[C@@H](n2cnc3c(N)ncnc32)C[C@H]1OP(O)(=S)OC[C@H]1O[C@@H](n2cc(C)c(N)nc2=O)C[C@H]1OP(=O)(O)OC[C@H]1O[C@@H](n2cc(C)c(N)nc2=O)C[C@H]1OP(O)(=S)OC[C@H]1O[C@@H](n2cc(C)c(=O)[nH]c2=O)C[C@H]1OP(O)(=S)OC[C@H]1O[C@@H](n2cc(C)c(=O)[nH]c2=O)C[C@H]1OP(O)(=S)OC. The molecule has 7 fully saturated rings. The molecular formula is C72H97N22O38P7S6. The number of anilines is 4. The molecule has 9 aromatic heterocycles. The minimum absolute atomic E-state index is 0.0232. The summed E-state index contributed by atoms with van der Waals surface area (Å²) in [7, 11) is -4.51. The van der Waals surface area contributed by atoms with E-state index in [-0.39, 0.29) is 106 Å². The van der Waals surface area contributed by atoms with Gasteiger partial charge in [0.25, 0.3) is 22.2 Å². The zero-order valence-electron chi connectivity index (χ0n) is 76.6. The van der Waals surface area contributed by atoms with Crippen LogP contribution in [0.1, 0.15) is 130 Å². The van der Waals surface area contributed by atoms with Crippen LogP contribution in [0.3, 0.4) is 0 Å². The van der Waals surface area contributed by atoms with E-state index in [1.54, 1.807) is 6.92 Å². The molecule has 16 rings (SSSR count). The highest BCUT2D eigenvalue weighted by Crippen LogP contribution is 2.59. The van der Waals surface area contributed by atoms with Crippen molar-refractivity contribution >= 4 is 165 Å². The van der Waals surface area contributed by atoms with Crippen LogP contribution >= 0.6 is 48.1 Å². The molecule has 0 aromatic carbocycles. The van der Waals surface area contributed by atoms with Crippen molar-refractivity contribution in [1.82, 2.24) is 86.8 Å². The van der Waals surface area contributed by atoms with Gasteiger partial charge in [0.1, 0.15) is 110 Å². The van der Waals surface area contributed by atoms with Crippen LogP contribution in [-0.2, 0) is 172 Å². The van der Waals surface area contributed by atoms with E-state index in [1.165, 1.54) is 92.0 Å². The summed E-state index contributed by atoms with van der Waals surface area (Å²) < 4.78 is 149. The van der Waals surface area contributed by atoms with E-state index in [2.05, 4.69) is 54.8 Å². The van der Waals surface area contributed by atoms with Gasteiger partial charge < -0.3 is 145 Å². The first-order chi connectivity index (χ1) is 68.2. The van der Waals surface area contributed by atoms with E-state index < -0.39 is 280 Å². The van der Waals surface area contributed by atoms with Crippen LogP contribution in [0.4, 0.5) is 23.4 Å². The zero-order chi connectivity index (χ0) is 105. The normalized spacial score (nSPS) is 29.5. The third-order valence-corrected chi connectivity index (χ3v) is 34.6. The number of nitrogens with two attached hydrogens (primary N) is 4. The quantitative estimate of drug-likeness (QED) is 0.0229. The summed E-state index contributed by atoms with van der Waals surface area (Å²) in [5.74, 6) is -0.636. The molecule has 7 unspecified atom stereocenters. The predicted molar refractivity (Wildman–Crippen MR) is 521 cm³/mol. The molecule has 0 spiro atoms. The molecule has 7 aliphatic heterocycles. The number of nitrogen functional groups attached to an aromatic ring is 4. The third kappa shape index (κ3) is 26.1. The van der Waals surface area contributed by atoms with Crippen molar-refractivity contribution in [2.24, 2.45) is 0 Å². The van der Waals surface area contributed by atoms with E-state index in [4.69, 9.17) is 190 Å². The van der Waals surface area contributed by atoms with E-state index in [9.17, 15) is 82.0 Å². The minimum atomic E-state index is -5.59. The molecular weight excluding hydrogens is 2190 g/mol. The number of H-pyrrole nitrogens is 4. The van der Waals surface area contributed by atoms with Crippen molar-refractivity contribution in [1.29, 1.82) is 0 Å². The number of nitrogens with zero attached hydrogens (tertiary/aromatic N) is 14. The monoisotopic (exact) mass is 2290 g/mol. The van der Waals surface area contributed by atoms with Crippen molar-refractivity contribution in [3.8, 4) is 0 Å². The fourth-order valence-electron chi connectivity index (χ4n) is 16.8. The van der Waals surface area contributed by atoms with E-state index in [0.29, 0.717) is 6.42 Å². The maximum atomic E-state index is 14.7. The van der Waals surface area contributed by atoms with Crippen LogP contribution in [0.5, 0.6) is 0 Å². The lowest BCUT2D eigenvalue weighted by Gasteiger charge is -2.28. The molecule has 28 atom stereocenters. The molecule has 0 amide bonds. The van der Waals surface area contributed by atoms with Crippen molar-refractivity contribution in [2.45, 2.75) is 222 Å². The molecule has 145 heavy (non-hydrogen) atoms. The lowest BCUT2D eigenvalue weighted by Crippen LogP contribution is -2.33. The average Bonchev–Trinajstić information content (AvgIpc) is 1.61. The standard InChI is InChI=1S/C72H97N22O38P7S6/c1-8-35-36(9-49(119-35)90-18-32(4)63(95)85-70(90)101)128-135(107,141)115-26-48-42(15-55(125-48)94-29-80-57-62(94)83-67(76)84-66(57)98)132-139(111,145)118-25-47-41(14-54(124-47)93-28-79-56-60(75)77-27-78-61(56)93)131-136(108,142)114-22-44-37(10-50(121-44)88-16-30(2)58(73)81-68(88)99)126-133(104,105)113-21-43-39(12-51(120-43)89-17-31(3)59(74)82-69(89)100)129-137(109,143)117-24-46-40(13-53(123-46)92-20-34(6)65(97)87-72(92)103)130-138(110,144)116-23-45-38(127-134(106,140)112-7)11-52(122-45)91-19-33(5)64(96)86-71(91)102/h16-20,27-29,35-55H,8-15,21-26H2,1-7H3,(H,104,105)(H,106,140)(H,107,141)(H,108,142)(H,109,143)(H,110,144)(H,111,145)(H2,73,81,99)(H2,74,82,100)(H2,75,77,78)(H,85,95,101)(H,86,96,102)(H,87,97,103)(H3,76,83,84,98)/t35-,36-,37-,38-,39-,40-,41-,42-,43-,44-,45-,46-,47-,48-,49-,50-,51-,52-,53-,54-,55-,134?,135?,136?,137?,138?,139?/m1/s1. The number of imidazole rings is 2. The number of phosphoric ester groups is 1. The van der Waals surface area contributed by atoms with Crippen LogP contribution in [0.15, 0.2) is 93.1 Å². The molecule has 7 aliphatic rings. The highest BCUT2D eigenvalue weighted by molar-refractivity contribution is 8.08. The van der Waals surface area contributed by atoms with Gasteiger partial charge in [-0.1, -0.05) is 6.92 Å². The Balaban J connectivity index is 0.609. The molecule has 0 saturated carbocycles. The molecule has 794 valence electrons. The number of fused-ring (bicyclic) bond motifs is 2. The number of nitrogens with one attached hydrogen (secondary N) is 4. The van der Waals surface area contributed by atoms with Gasteiger partial charge in [-0.15, -0.1) is 0 Å². The van der Waals surface area contributed by atoms with E-state index >= 15 is 0 Å². The van der Waals surface area contributed by atoms with Gasteiger partial charge in [0, 0.05) is 111 Å². The summed E-state index contributed by atoms with van der Waals surface area (Å²) in [6.07, 6.45) is -19.9. The van der Waals surface area contributed by atoms with Crippen LogP contribution in [0, 0.1) is 34.6 Å². The second kappa shape index (κ2) is 44.3. The summed E-state index contributed by atoms with van der Waals surface area (Å²) >= 11 is 33.1. The van der Waals surface area contributed by atoms with Crippen LogP contribution in [0.2, 0.25) is 0 Å². The number of aromatic amines is 4. The topological polar surface area (TPSA) is 798 Å². The van der Waals surface area contributed by atoms with Crippen molar-refractivity contribution in [3.05, 3.63) is 172 Å². The van der Waals surface area contributed by atoms with Crippen molar-refractivity contribution in [3.63, 3.8) is 0 Å². The second-order valence-corrected chi connectivity index (χ2v) is 52.3. The largest absolute Gasteiger partial charge is 0.472 e. The van der Waals surface area contributed by atoms with Gasteiger partial charge >= 0.3 is 76.6 Å². The Morgan fingerprint density at radius 1 is 0.352 bits per heavy atom. The minimum Gasteiger partial charge on any atom is -0.383 e. The lowest BCUT2D eigenvalue weighted by molar-refractivity contribution is -0.0605. The predicted octanol–water partition coefficient (Wildman–Crippen LogP) is 0.261. The summed E-state index contributed by atoms with van der Waals surface area (Å²) in [6, 6.07) is 0. The van der Waals surface area contributed by atoms with E-state index in [0.717, 1.165) is 31.7 Å². The molecule has 9 aromatic rings. The van der Waals surface area contributed by atoms with Crippen molar-refractivity contribution < 1.29 is 135 Å². The molecule has 0 radical (unpaired) electrons. The Morgan fingerprint density at radius 3 is 0.986 bits per heavy atom. The number of ether oxygens (including phenoxy) is 7. The zero-order valence-corrected chi connectivity index (χ0v) is 87.7. The summed E-state index contributed by atoms with van der Waals surface area (Å²) in [5, 5.41) is 0. The maximum absolute atomic E-state index is 14.7. The summed E-state index contributed by atoms with van der Waals surface area (Å²) in [6.45, 7) is -22.9. The smallest absolute Gasteiger partial charge is 0.383 e. The second-order valence-electron chi connectivity index (χ2n) is 34.0. The van der Waals surface area contributed by atoms with Gasteiger partial charge in [-0.3, -0.25) is 80.1 Å². The van der Waals surface area contributed by atoms with Crippen LogP contribution < -0.4 is 73.6 Å². The third-order valence-electron chi connectivity index (χ3n) is 24.0. The Morgan fingerprint density at radius 2 is 0.641 bits per heavy atom. The highest BCUT2D eigenvalue weighted by atomic mass is 32.5. The van der Waals surface area contributed by atoms with Crippen LogP contribution in [0.25, 0.3) is 22.3 Å². The van der Waals surface area contributed by atoms with Crippen LogP contribution in [-0.4, -0.2) is 253 Å². The number of aryl methyl sites for hydroxylation is 5. The molecule has 73 heteroatoms. The average molecular weight is 2290 g/mol. The van der Waals surface area contributed by atoms with E-state index in [1.807, 2.05) is 0 Å². The number of aromatic nitrogens is 18. The fraction of sp³-hybridized carbons (Fsp3) is 0.583. The Hall–Kier alpha value is -7.09. The number of phosphoric acid groups is 1. The Kier molecular flexibility index (Phi) is 33.8. The number of rotatable bonds is 41. The van der Waals surface area contributed by atoms with Gasteiger partial charge in [-0.05, 0) is 112 Å². The highest BCUT2D eigenvalue weighted by Gasteiger charge is 2.52. The van der Waals surface area contributed by atoms with Gasteiger partial charge in [0.2, 0.25) is 5.95 Å². The molecule has 0 aliphatic carbocycles. The molecule has 16 heterocycles. The van der Waals surface area contributed by atoms with Crippen molar-refractivity contribution in [2.75, 3.05) is 69.7 Å². The lowest BCUT2D eigenvalue weighted by atomic mass is 10.1. The first-order valence-corrected chi connectivity index (χ1v) is 60.6. The first-order valence-electron chi connectivity index (χ1n) is 43.6. The summed E-state index contributed by atoms with van der Waals surface area (Å²) in [4.78, 5) is 237. The maximum Gasteiger partial charge on any atom is 0.472 e. The summed E-state index contributed by atoms with van der Waals surface area (Å²) in [5.41, 5.74) is 17.9. The molecule has 19 N–H and O–H groups in total. The molecule has 7 saturated heterocycles. The molecule has 60 nitrogen and oxygen atoms in total. The fourth-order valence-corrected chi connectivity index (χ4v) is 26.1. The number of hydrogen-bond donors (Lipinski definition) is 15. The van der Waals surface area contributed by atoms with Gasteiger partial charge in [-0.25, -0.2) is 48.5 Å². The Bertz CT molecular complexity index is 7380. The van der Waals surface area contributed by atoms with Gasteiger partial charge in [0.15, 0.2) is 22.6 Å². The first kappa shape index (κ1) is 111. The number of hydrogen-bond acceptors (Lipinski definition) is 48.